The number of ketones is 1. The van der Waals surface area contributed by atoms with E-state index < -0.39 is 11.7 Å². The minimum absolute atomic E-state index is 0.307. The second kappa shape index (κ2) is 6.19. The second-order valence-electron chi connectivity index (χ2n) is 4.89. The number of carbonyl (C=O) groups is 1. The zero-order valence-electron chi connectivity index (χ0n) is 11.7. The largest absolute Gasteiger partial charge is 0.292 e. The average Bonchev–Trinajstić information content (AvgIpc) is 2.43. The molecule has 1 unspecified atom stereocenters. The summed E-state index contributed by atoms with van der Waals surface area (Å²) in [5.74, 6) is -1.67. The van der Waals surface area contributed by atoms with Crippen LogP contribution in [0.15, 0.2) is 40.9 Å². The first kappa shape index (κ1) is 15.4. The second-order valence-corrected chi connectivity index (χ2v) is 5.75. The lowest BCUT2D eigenvalue weighted by Gasteiger charge is -2.12. The first-order valence-corrected chi connectivity index (χ1v) is 7.19. The molecule has 2 aromatic rings. The van der Waals surface area contributed by atoms with Gasteiger partial charge in [0.25, 0.3) is 0 Å². The molecule has 0 saturated heterocycles. The molecule has 0 aliphatic heterocycles. The number of hydrogen-bond donors (Lipinski definition) is 0. The van der Waals surface area contributed by atoms with Crippen molar-refractivity contribution in [1.82, 2.24) is 0 Å². The fourth-order valence-electron chi connectivity index (χ4n) is 2.07. The van der Waals surface area contributed by atoms with Gasteiger partial charge in [0, 0.05) is 10.0 Å². The molecule has 0 N–H and O–H groups in total. The SMILES string of the molecule is Cc1ccc(C(C#N)C(=O)c2ccc(F)cc2Br)cc1C. The number of Topliss-reactive ketones (excluding diaryl/α,β-unsaturated/α-hetero) is 1. The quantitative estimate of drug-likeness (QED) is 0.756. The maximum Gasteiger partial charge on any atom is 0.185 e. The van der Waals surface area contributed by atoms with Gasteiger partial charge in [-0.25, -0.2) is 4.39 Å². The van der Waals surface area contributed by atoms with Gasteiger partial charge in [0.15, 0.2) is 5.78 Å². The minimum Gasteiger partial charge on any atom is -0.292 e. The molecule has 0 aromatic heterocycles. The van der Waals surface area contributed by atoms with Gasteiger partial charge in [0.05, 0.1) is 6.07 Å². The number of nitriles is 1. The number of carbonyl (C=O) groups excluding carboxylic acids is 1. The predicted molar refractivity (Wildman–Crippen MR) is 82.7 cm³/mol. The fourth-order valence-corrected chi connectivity index (χ4v) is 2.62. The molecule has 0 fully saturated rings. The summed E-state index contributed by atoms with van der Waals surface area (Å²) in [6.45, 7) is 3.91. The summed E-state index contributed by atoms with van der Waals surface area (Å²) in [5, 5.41) is 9.36. The van der Waals surface area contributed by atoms with Crippen molar-refractivity contribution in [1.29, 1.82) is 5.26 Å². The van der Waals surface area contributed by atoms with Gasteiger partial charge < -0.3 is 0 Å². The van der Waals surface area contributed by atoms with Crippen molar-refractivity contribution in [3.8, 4) is 6.07 Å². The van der Waals surface area contributed by atoms with Crippen molar-refractivity contribution in [3.05, 3.63) is 68.9 Å². The van der Waals surface area contributed by atoms with E-state index in [0.717, 1.165) is 11.1 Å². The summed E-state index contributed by atoms with van der Waals surface area (Å²) in [4.78, 5) is 12.5. The minimum atomic E-state index is -0.897. The Hall–Kier alpha value is -1.99. The average molecular weight is 346 g/mol. The maximum atomic E-state index is 13.1. The molecule has 0 amide bonds. The molecule has 0 spiro atoms. The van der Waals surface area contributed by atoms with Crippen molar-refractivity contribution in [2.75, 3.05) is 0 Å². The van der Waals surface area contributed by atoms with E-state index in [9.17, 15) is 14.4 Å². The third kappa shape index (κ3) is 3.20. The standard InChI is InChI=1S/C17H13BrFNO/c1-10-3-4-12(7-11(10)2)15(9-20)17(21)14-6-5-13(19)8-16(14)18/h3-8,15H,1-2H3. The molecule has 0 bridgehead atoms. The van der Waals surface area contributed by atoms with E-state index in [1.165, 1.54) is 18.2 Å². The summed E-state index contributed by atoms with van der Waals surface area (Å²) >= 11 is 3.17. The summed E-state index contributed by atoms with van der Waals surface area (Å²) in [6.07, 6.45) is 0. The van der Waals surface area contributed by atoms with Gasteiger partial charge in [0.2, 0.25) is 0 Å². The Balaban J connectivity index is 2.43. The van der Waals surface area contributed by atoms with E-state index in [2.05, 4.69) is 15.9 Å². The molecular weight excluding hydrogens is 333 g/mol. The van der Waals surface area contributed by atoms with Crippen LogP contribution >= 0.6 is 15.9 Å². The van der Waals surface area contributed by atoms with Crippen molar-refractivity contribution in [2.24, 2.45) is 0 Å². The highest BCUT2D eigenvalue weighted by Gasteiger charge is 2.24. The van der Waals surface area contributed by atoms with Crippen LogP contribution in [-0.2, 0) is 0 Å². The van der Waals surface area contributed by atoms with Crippen LogP contribution in [0.2, 0.25) is 0 Å². The lowest BCUT2D eigenvalue weighted by molar-refractivity contribution is 0.0978. The lowest BCUT2D eigenvalue weighted by Crippen LogP contribution is -2.12. The Kier molecular flexibility index (Phi) is 4.54. The molecule has 2 rings (SSSR count). The zero-order chi connectivity index (χ0) is 15.6. The van der Waals surface area contributed by atoms with Crippen molar-refractivity contribution in [3.63, 3.8) is 0 Å². The third-order valence-electron chi connectivity index (χ3n) is 3.45. The van der Waals surface area contributed by atoms with E-state index in [4.69, 9.17) is 0 Å². The van der Waals surface area contributed by atoms with Gasteiger partial charge in [-0.05, 0) is 64.7 Å². The number of nitrogens with zero attached hydrogens (tertiary/aromatic N) is 1. The summed E-state index contributed by atoms with van der Waals surface area (Å²) in [5.41, 5.74) is 3.09. The molecule has 106 valence electrons. The molecule has 4 heteroatoms. The molecule has 0 saturated carbocycles. The highest BCUT2D eigenvalue weighted by molar-refractivity contribution is 9.10. The van der Waals surface area contributed by atoms with Gasteiger partial charge in [0.1, 0.15) is 11.7 Å². The van der Waals surface area contributed by atoms with Gasteiger partial charge in [-0.2, -0.15) is 5.26 Å². The van der Waals surface area contributed by atoms with E-state index in [0.29, 0.717) is 15.6 Å². The molecule has 2 nitrogen and oxygen atoms in total. The Labute approximate surface area is 131 Å². The molecule has 2 aromatic carbocycles. The smallest absolute Gasteiger partial charge is 0.185 e. The Bertz CT molecular complexity index is 749. The summed E-state index contributed by atoms with van der Waals surface area (Å²) < 4.78 is 13.5. The van der Waals surface area contributed by atoms with Crippen LogP contribution in [-0.4, -0.2) is 5.78 Å². The van der Waals surface area contributed by atoms with Gasteiger partial charge >= 0.3 is 0 Å². The van der Waals surface area contributed by atoms with Crippen LogP contribution in [0.3, 0.4) is 0 Å². The van der Waals surface area contributed by atoms with Crippen LogP contribution in [0.1, 0.15) is 33.0 Å². The van der Waals surface area contributed by atoms with Crippen molar-refractivity contribution in [2.45, 2.75) is 19.8 Å². The number of rotatable bonds is 3. The molecule has 21 heavy (non-hydrogen) atoms. The molecule has 0 heterocycles. The molecule has 0 aliphatic carbocycles. The highest BCUT2D eigenvalue weighted by atomic mass is 79.9. The van der Waals surface area contributed by atoms with Crippen LogP contribution in [0, 0.1) is 31.0 Å². The van der Waals surface area contributed by atoms with Gasteiger partial charge in [-0.1, -0.05) is 18.2 Å². The number of aryl methyl sites for hydroxylation is 2. The van der Waals surface area contributed by atoms with Crippen molar-refractivity contribution >= 4 is 21.7 Å². The normalized spacial score (nSPS) is 11.8. The third-order valence-corrected chi connectivity index (χ3v) is 4.11. The zero-order valence-corrected chi connectivity index (χ0v) is 13.2. The van der Waals surface area contributed by atoms with E-state index in [-0.39, 0.29) is 5.78 Å². The topological polar surface area (TPSA) is 40.9 Å². The van der Waals surface area contributed by atoms with E-state index in [1.807, 2.05) is 32.0 Å². The van der Waals surface area contributed by atoms with E-state index >= 15 is 0 Å². The summed E-state index contributed by atoms with van der Waals surface area (Å²) in [6, 6.07) is 11.4. The Morgan fingerprint density at radius 1 is 1.19 bits per heavy atom. The monoisotopic (exact) mass is 345 g/mol. The molecular formula is C17H13BrFNO. The van der Waals surface area contributed by atoms with E-state index in [1.54, 1.807) is 6.07 Å². The number of benzene rings is 2. The molecule has 0 aliphatic rings. The molecule has 0 radical (unpaired) electrons. The van der Waals surface area contributed by atoms with Crippen LogP contribution in [0.5, 0.6) is 0 Å². The van der Waals surface area contributed by atoms with Gasteiger partial charge in [-0.15, -0.1) is 0 Å². The number of halogens is 2. The predicted octanol–water partition coefficient (Wildman–Crippen LogP) is 4.70. The molecule has 1 atom stereocenters. The first-order chi connectivity index (χ1) is 9.93. The maximum absolute atomic E-state index is 13.1. The fraction of sp³-hybridized carbons (Fsp3) is 0.176. The van der Waals surface area contributed by atoms with Crippen LogP contribution < -0.4 is 0 Å². The van der Waals surface area contributed by atoms with Gasteiger partial charge in [-0.3, -0.25) is 4.79 Å². The Morgan fingerprint density at radius 3 is 2.48 bits per heavy atom. The van der Waals surface area contributed by atoms with Crippen molar-refractivity contribution < 1.29 is 9.18 Å². The first-order valence-electron chi connectivity index (χ1n) is 6.40. The lowest BCUT2D eigenvalue weighted by atomic mass is 9.90. The van der Waals surface area contributed by atoms with Crippen LogP contribution in [0.25, 0.3) is 0 Å². The highest BCUT2D eigenvalue weighted by Crippen LogP contribution is 2.27. The Morgan fingerprint density at radius 2 is 1.90 bits per heavy atom. The van der Waals surface area contributed by atoms with Crippen LogP contribution in [0.4, 0.5) is 4.39 Å². The summed E-state index contributed by atoms with van der Waals surface area (Å²) in [7, 11) is 0. The number of hydrogen-bond acceptors (Lipinski definition) is 2.